The first-order chi connectivity index (χ1) is 9.18. The minimum atomic E-state index is -0.141. The molecule has 0 aliphatic carbocycles. The number of Topliss-reactive ketones (excluding diaryl/α,β-unsaturated/α-hetero) is 1. The number of hydrogen-bond donors (Lipinski definition) is 0. The van der Waals surface area contributed by atoms with Crippen LogP contribution in [0.2, 0.25) is 10.0 Å². The molecule has 0 saturated heterocycles. The van der Waals surface area contributed by atoms with Crippen LogP contribution in [0, 0.1) is 0 Å². The Bertz CT molecular complexity index is 582. The van der Waals surface area contributed by atoms with Gasteiger partial charge in [-0.25, -0.2) is 0 Å². The lowest BCUT2D eigenvalue weighted by Gasteiger charge is -2.06. The molecule has 0 heterocycles. The first-order valence-corrected chi connectivity index (χ1v) is 6.53. The van der Waals surface area contributed by atoms with E-state index in [0.717, 1.165) is 5.56 Å². The zero-order valence-electron chi connectivity index (χ0n) is 10.1. The normalized spacial score (nSPS) is 10.4. The molecule has 0 aromatic heterocycles. The number of benzene rings is 2. The van der Waals surface area contributed by atoms with Gasteiger partial charge >= 0.3 is 0 Å². The number of ketones is 1. The van der Waals surface area contributed by atoms with E-state index >= 15 is 0 Å². The topological polar surface area (TPSA) is 26.3 Å². The van der Waals surface area contributed by atoms with Gasteiger partial charge in [0.15, 0.2) is 5.78 Å². The Morgan fingerprint density at radius 1 is 0.947 bits per heavy atom. The van der Waals surface area contributed by atoms with Crippen LogP contribution in [-0.2, 0) is 11.3 Å². The summed E-state index contributed by atoms with van der Waals surface area (Å²) in [5.74, 6) is -0.141. The molecule has 2 rings (SSSR count). The van der Waals surface area contributed by atoms with E-state index in [1.807, 2.05) is 18.2 Å². The maximum absolute atomic E-state index is 11.9. The Balaban J connectivity index is 1.92. The highest BCUT2D eigenvalue weighted by atomic mass is 35.5. The molecule has 4 heteroatoms. The number of ether oxygens (including phenoxy) is 1. The molecule has 2 aromatic carbocycles. The lowest BCUT2D eigenvalue weighted by atomic mass is 10.1. The molecule has 2 aromatic rings. The second-order valence-electron chi connectivity index (χ2n) is 3.99. The van der Waals surface area contributed by atoms with Crippen LogP contribution in [0.15, 0.2) is 48.5 Å². The molecule has 0 atom stereocenters. The molecule has 0 radical (unpaired) electrons. The third-order valence-corrected chi connectivity index (χ3v) is 3.32. The van der Waals surface area contributed by atoms with Crippen molar-refractivity contribution >= 4 is 29.0 Å². The summed E-state index contributed by atoms with van der Waals surface area (Å²) in [6, 6.07) is 14.3. The number of carbonyl (C=O) groups is 1. The molecule has 2 nitrogen and oxygen atoms in total. The van der Waals surface area contributed by atoms with E-state index in [2.05, 4.69) is 0 Å². The van der Waals surface area contributed by atoms with Gasteiger partial charge in [-0.05, 0) is 23.8 Å². The molecule has 0 spiro atoms. The Kier molecular flexibility index (Phi) is 4.97. The second kappa shape index (κ2) is 6.71. The number of carbonyl (C=O) groups excluding carboxylic acids is 1. The molecule has 0 N–H and O–H groups in total. The zero-order valence-corrected chi connectivity index (χ0v) is 11.6. The smallest absolute Gasteiger partial charge is 0.189 e. The molecule has 0 unspecified atom stereocenters. The molecule has 98 valence electrons. The van der Waals surface area contributed by atoms with Crippen molar-refractivity contribution in [2.75, 3.05) is 6.61 Å². The molecular formula is C15H12Cl2O2. The van der Waals surface area contributed by atoms with E-state index in [-0.39, 0.29) is 12.4 Å². The molecule has 0 saturated carbocycles. The van der Waals surface area contributed by atoms with Crippen molar-refractivity contribution in [1.29, 1.82) is 0 Å². The monoisotopic (exact) mass is 294 g/mol. The fraction of sp³-hybridized carbons (Fsp3) is 0.133. The fourth-order valence-corrected chi connectivity index (χ4v) is 2.07. The molecule has 0 fully saturated rings. The molecule has 0 aliphatic rings. The van der Waals surface area contributed by atoms with Crippen LogP contribution >= 0.6 is 23.2 Å². The van der Waals surface area contributed by atoms with E-state index in [1.54, 1.807) is 30.3 Å². The van der Waals surface area contributed by atoms with Gasteiger partial charge in [0.2, 0.25) is 0 Å². The minimum Gasteiger partial charge on any atom is -0.369 e. The largest absolute Gasteiger partial charge is 0.369 e. The van der Waals surface area contributed by atoms with Crippen LogP contribution in [-0.4, -0.2) is 12.4 Å². The van der Waals surface area contributed by atoms with Crippen molar-refractivity contribution in [3.8, 4) is 0 Å². The maximum atomic E-state index is 11.9. The average Bonchev–Trinajstić information content (AvgIpc) is 2.41. The lowest BCUT2D eigenvalue weighted by Crippen LogP contribution is -2.09. The molecular weight excluding hydrogens is 283 g/mol. The third-order valence-electron chi connectivity index (χ3n) is 2.62. The first kappa shape index (κ1) is 14.1. The summed E-state index contributed by atoms with van der Waals surface area (Å²) in [6.45, 7) is 0.283. The van der Waals surface area contributed by atoms with Gasteiger partial charge in [0, 0.05) is 10.6 Å². The van der Waals surface area contributed by atoms with Gasteiger partial charge in [0.25, 0.3) is 0 Å². The Labute approximate surface area is 121 Å². The van der Waals surface area contributed by atoms with Gasteiger partial charge in [-0.1, -0.05) is 53.5 Å². The summed E-state index contributed by atoms with van der Waals surface area (Å²) in [4.78, 5) is 11.9. The number of halogens is 2. The van der Waals surface area contributed by atoms with Gasteiger partial charge in [-0.2, -0.15) is 0 Å². The van der Waals surface area contributed by atoms with Crippen molar-refractivity contribution in [3.63, 3.8) is 0 Å². The van der Waals surface area contributed by atoms with Crippen LogP contribution in [0.4, 0.5) is 0 Å². The molecule has 0 bridgehead atoms. The SMILES string of the molecule is O=C(COCc1ccccc1Cl)c1ccccc1Cl. The lowest BCUT2D eigenvalue weighted by molar-refractivity contribution is 0.0727. The maximum Gasteiger partial charge on any atom is 0.189 e. The Hall–Kier alpha value is -1.35. The highest BCUT2D eigenvalue weighted by Crippen LogP contribution is 2.17. The zero-order chi connectivity index (χ0) is 13.7. The number of rotatable bonds is 5. The second-order valence-corrected chi connectivity index (χ2v) is 4.80. The van der Waals surface area contributed by atoms with Crippen LogP contribution in [0.5, 0.6) is 0 Å². The van der Waals surface area contributed by atoms with Crippen molar-refractivity contribution < 1.29 is 9.53 Å². The molecule has 0 aliphatic heterocycles. The summed E-state index contributed by atoms with van der Waals surface area (Å²) in [6.07, 6.45) is 0. The quantitative estimate of drug-likeness (QED) is 0.764. The van der Waals surface area contributed by atoms with Crippen LogP contribution < -0.4 is 0 Å². The highest BCUT2D eigenvalue weighted by molar-refractivity contribution is 6.34. The van der Waals surface area contributed by atoms with E-state index in [1.165, 1.54) is 0 Å². The van der Waals surface area contributed by atoms with Crippen molar-refractivity contribution in [2.24, 2.45) is 0 Å². The van der Waals surface area contributed by atoms with Crippen molar-refractivity contribution in [2.45, 2.75) is 6.61 Å². The molecule has 19 heavy (non-hydrogen) atoms. The van der Waals surface area contributed by atoms with Gasteiger partial charge < -0.3 is 4.74 Å². The third kappa shape index (κ3) is 3.80. The summed E-state index contributed by atoms with van der Waals surface area (Å²) in [5.41, 5.74) is 1.33. The van der Waals surface area contributed by atoms with Crippen LogP contribution in [0.25, 0.3) is 0 Å². The van der Waals surface area contributed by atoms with Crippen molar-refractivity contribution in [3.05, 3.63) is 69.7 Å². The average molecular weight is 295 g/mol. The van der Waals surface area contributed by atoms with E-state index in [0.29, 0.717) is 22.2 Å². The van der Waals surface area contributed by atoms with E-state index in [9.17, 15) is 4.79 Å². The van der Waals surface area contributed by atoms with Crippen LogP contribution in [0.1, 0.15) is 15.9 Å². The van der Waals surface area contributed by atoms with Gasteiger partial charge in [-0.3, -0.25) is 4.79 Å². The fourth-order valence-electron chi connectivity index (χ4n) is 1.63. The summed E-state index contributed by atoms with van der Waals surface area (Å²) >= 11 is 11.9. The predicted octanol–water partition coefficient (Wildman–Crippen LogP) is 4.39. The predicted molar refractivity (Wildman–Crippen MR) is 76.9 cm³/mol. The van der Waals surface area contributed by atoms with E-state index in [4.69, 9.17) is 27.9 Å². The Morgan fingerprint density at radius 3 is 2.26 bits per heavy atom. The summed E-state index contributed by atoms with van der Waals surface area (Å²) < 4.78 is 5.38. The van der Waals surface area contributed by atoms with Gasteiger partial charge in [-0.15, -0.1) is 0 Å². The minimum absolute atomic E-state index is 0.0189. The van der Waals surface area contributed by atoms with Crippen molar-refractivity contribution in [1.82, 2.24) is 0 Å². The standard InChI is InChI=1S/C15H12Cl2O2/c16-13-7-3-1-5-11(13)9-19-10-15(18)12-6-2-4-8-14(12)17/h1-8H,9-10H2. The van der Waals surface area contributed by atoms with Gasteiger partial charge in [0.1, 0.15) is 6.61 Å². The Morgan fingerprint density at radius 2 is 1.58 bits per heavy atom. The first-order valence-electron chi connectivity index (χ1n) is 5.77. The van der Waals surface area contributed by atoms with Gasteiger partial charge in [0.05, 0.1) is 11.6 Å². The van der Waals surface area contributed by atoms with E-state index < -0.39 is 0 Å². The summed E-state index contributed by atoms with van der Waals surface area (Å²) in [7, 11) is 0. The molecule has 0 amide bonds. The highest BCUT2D eigenvalue weighted by Gasteiger charge is 2.10. The summed E-state index contributed by atoms with van der Waals surface area (Å²) in [5, 5.41) is 1.07. The van der Waals surface area contributed by atoms with Crippen LogP contribution in [0.3, 0.4) is 0 Å². The number of hydrogen-bond acceptors (Lipinski definition) is 2.